The van der Waals surface area contributed by atoms with Crippen molar-refractivity contribution in [1.82, 2.24) is 4.98 Å². The molecule has 5 heteroatoms. The standard InChI is InChI=1S/C15H16N2O2S/c1-3-19-15(18)13-8-11(16)9-17-14(13)20-12-6-4-5-10(2)7-12/h4-9H,3,16H2,1-2H3. The number of rotatable bonds is 4. The zero-order chi connectivity index (χ0) is 14.5. The largest absolute Gasteiger partial charge is 0.462 e. The number of carbonyl (C=O) groups is 1. The van der Waals surface area contributed by atoms with E-state index in [0.29, 0.717) is 22.9 Å². The van der Waals surface area contributed by atoms with Gasteiger partial charge < -0.3 is 10.5 Å². The summed E-state index contributed by atoms with van der Waals surface area (Å²) in [7, 11) is 0. The highest BCUT2D eigenvalue weighted by molar-refractivity contribution is 7.99. The van der Waals surface area contributed by atoms with E-state index in [1.165, 1.54) is 11.8 Å². The molecule has 0 saturated carbocycles. The number of benzene rings is 1. The first-order valence-corrected chi connectivity index (χ1v) is 7.09. The Morgan fingerprint density at radius 1 is 1.40 bits per heavy atom. The van der Waals surface area contributed by atoms with Crippen LogP contribution >= 0.6 is 11.8 Å². The lowest BCUT2D eigenvalue weighted by Gasteiger charge is -2.08. The van der Waals surface area contributed by atoms with Gasteiger partial charge in [0.2, 0.25) is 0 Å². The van der Waals surface area contributed by atoms with Crippen LogP contribution in [0.15, 0.2) is 46.5 Å². The van der Waals surface area contributed by atoms with Gasteiger partial charge in [0.25, 0.3) is 0 Å². The molecule has 0 amide bonds. The van der Waals surface area contributed by atoms with E-state index >= 15 is 0 Å². The molecule has 0 bridgehead atoms. The molecule has 0 aliphatic rings. The molecule has 0 radical (unpaired) electrons. The number of carbonyl (C=O) groups excluding carboxylic acids is 1. The van der Waals surface area contributed by atoms with Crippen LogP contribution in [-0.2, 0) is 4.74 Å². The molecule has 4 nitrogen and oxygen atoms in total. The average Bonchev–Trinajstić information content (AvgIpc) is 2.41. The molecule has 0 saturated heterocycles. The molecule has 2 N–H and O–H groups in total. The second-order valence-electron chi connectivity index (χ2n) is 4.26. The van der Waals surface area contributed by atoms with Gasteiger partial charge in [-0.1, -0.05) is 29.5 Å². The van der Waals surface area contributed by atoms with Crippen LogP contribution in [0.3, 0.4) is 0 Å². The number of aryl methyl sites for hydroxylation is 1. The molecule has 0 spiro atoms. The minimum Gasteiger partial charge on any atom is -0.462 e. The number of anilines is 1. The monoisotopic (exact) mass is 288 g/mol. The molecule has 104 valence electrons. The first-order chi connectivity index (χ1) is 9.60. The van der Waals surface area contributed by atoms with Crippen LogP contribution in [-0.4, -0.2) is 17.6 Å². The van der Waals surface area contributed by atoms with Crippen LogP contribution in [0.25, 0.3) is 0 Å². The third kappa shape index (κ3) is 3.51. The second-order valence-corrected chi connectivity index (χ2v) is 5.32. The molecule has 2 aromatic rings. The number of hydrogen-bond acceptors (Lipinski definition) is 5. The fourth-order valence-electron chi connectivity index (χ4n) is 1.70. The Morgan fingerprint density at radius 3 is 2.90 bits per heavy atom. The van der Waals surface area contributed by atoms with Crippen LogP contribution in [0.2, 0.25) is 0 Å². The van der Waals surface area contributed by atoms with Crippen molar-refractivity contribution in [3.63, 3.8) is 0 Å². The number of nitrogen functional groups attached to an aromatic ring is 1. The summed E-state index contributed by atoms with van der Waals surface area (Å²) in [6.07, 6.45) is 1.54. The normalized spacial score (nSPS) is 10.3. The summed E-state index contributed by atoms with van der Waals surface area (Å²) in [4.78, 5) is 17.2. The van der Waals surface area contributed by atoms with Gasteiger partial charge in [0.05, 0.1) is 24.1 Å². The van der Waals surface area contributed by atoms with Crippen LogP contribution in [0.5, 0.6) is 0 Å². The number of pyridine rings is 1. The number of esters is 1. The Hall–Kier alpha value is -2.01. The lowest BCUT2D eigenvalue weighted by atomic mass is 10.2. The SMILES string of the molecule is CCOC(=O)c1cc(N)cnc1Sc1cccc(C)c1. The quantitative estimate of drug-likeness (QED) is 0.874. The van der Waals surface area contributed by atoms with Gasteiger partial charge in [0.15, 0.2) is 0 Å². The highest BCUT2D eigenvalue weighted by Gasteiger charge is 2.15. The van der Waals surface area contributed by atoms with Crippen LogP contribution in [0.4, 0.5) is 5.69 Å². The predicted octanol–water partition coefficient (Wildman–Crippen LogP) is 3.30. The third-order valence-electron chi connectivity index (χ3n) is 2.57. The second kappa shape index (κ2) is 6.43. The Morgan fingerprint density at radius 2 is 2.20 bits per heavy atom. The smallest absolute Gasteiger partial charge is 0.340 e. The Balaban J connectivity index is 2.33. The highest BCUT2D eigenvalue weighted by atomic mass is 32.2. The van der Waals surface area contributed by atoms with Crippen LogP contribution in [0.1, 0.15) is 22.8 Å². The van der Waals surface area contributed by atoms with Gasteiger partial charge in [-0.25, -0.2) is 9.78 Å². The van der Waals surface area contributed by atoms with E-state index in [2.05, 4.69) is 4.98 Å². The summed E-state index contributed by atoms with van der Waals surface area (Å²) in [5.74, 6) is -0.401. The molecular weight excluding hydrogens is 272 g/mol. The van der Waals surface area contributed by atoms with Gasteiger partial charge >= 0.3 is 5.97 Å². The van der Waals surface area contributed by atoms with E-state index in [1.807, 2.05) is 31.2 Å². The van der Waals surface area contributed by atoms with Crippen molar-refractivity contribution in [1.29, 1.82) is 0 Å². The Kier molecular flexibility index (Phi) is 4.63. The van der Waals surface area contributed by atoms with Crippen molar-refractivity contribution in [2.75, 3.05) is 12.3 Å². The zero-order valence-corrected chi connectivity index (χ0v) is 12.2. The molecule has 20 heavy (non-hydrogen) atoms. The van der Waals surface area contributed by atoms with Gasteiger partial charge in [-0.05, 0) is 32.0 Å². The topological polar surface area (TPSA) is 65.2 Å². The number of hydrogen-bond donors (Lipinski definition) is 1. The van der Waals surface area contributed by atoms with E-state index in [9.17, 15) is 4.79 Å². The lowest BCUT2D eigenvalue weighted by molar-refractivity contribution is 0.0521. The van der Waals surface area contributed by atoms with Crippen molar-refractivity contribution in [2.24, 2.45) is 0 Å². The van der Waals surface area contributed by atoms with Gasteiger partial charge in [0, 0.05) is 4.90 Å². The Bertz CT molecular complexity index is 629. The minimum atomic E-state index is -0.401. The van der Waals surface area contributed by atoms with E-state index in [4.69, 9.17) is 10.5 Å². The summed E-state index contributed by atoms with van der Waals surface area (Å²) in [6.45, 7) is 4.11. The summed E-state index contributed by atoms with van der Waals surface area (Å²) in [6, 6.07) is 9.61. The fourth-order valence-corrected chi connectivity index (χ4v) is 2.67. The van der Waals surface area contributed by atoms with Gasteiger partial charge in [-0.2, -0.15) is 0 Å². The molecule has 1 aromatic carbocycles. The van der Waals surface area contributed by atoms with Crippen LogP contribution in [0, 0.1) is 6.92 Å². The van der Waals surface area contributed by atoms with Crippen molar-refractivity contribution in [3.8, 4) is 0 Å². The van der Waals surface area contributed by atoms with Crippen LogP contribution < -0.4 is 5.73 Å². The summed E-state index contributed by atoms with van der Waals surface area (Å²) in [5, 5.41) is 0.600. The van der Waals surface area contributed by atoms with Crippen molar-refractivity contribution in [2.45, 2.75) is 23.8 Å². The van der Waals surface area contributed by atoms with E-state index in [-0.39, 0.29) is 0 Å². The molecular formula is C15H16N2O2S. The van der Waals surface area contributed by atoms with E-state index in [1.54, 1.807) is 19.2 Å². The van der Waals surface area contributed by atoms with Gasteiger partial charge in [-0.15, -0.1) is 0 Å². The lowest BCUT2D eigenvalue weighted by Crippen LogP contribution is -2.08. The zero-order valence-electron chi connectivity index (χ0n) is 11.4. The minimum absolute atomic E-state index is 0.322. The Labute approximate surface area is 122 Å². The maximum atomic E-state index is 11.9. The van der Waals surface area contributed by atoms with Gasteiger partial charge in [0.1, 0.15) is 5.03 Å². The first kappa shape index (κ1) is 14.4. The predicted molar refractivity (Wildman–Crippen MR) is 79.9 cm³/mol. The first-order valence-electron chi connectivity index (χ1n) is 6.27. The summed E-state index contributed by atoms with van der Waals surface area (Å²) in [5.41, 5.74) is 7.70. The molecule has 0 unspecified atom stereocenters. The number of ether oxygens (including phenoxy) is 1. The number of nitrogens with two attached hydrogens (primary N) is 1. The molecule has 1 heterocycles. The average molecular weight is 288 g/mol. The van der Waals surface area contributed by atoms with E-state index < -0.39 is 5.97 Å². The maximum Gasteiger partial charge on any atom is 0.340 e. The van der Waals surface area contributed by atoms with Crippen molar-refractivity contribution < 1.29 is 9.53 Å². The molecule has 2 rings (SSSR count). The fraction of sp³-hybridized carbons (Fsp3) is 0.200. The molecule has 0 fully saturated rings. The molecule has 0 aliphatic carbocycles. The van der Waals surface area contributed by atoms with Crippen molar-refractivity contribution in [3.05, 3.63) is 47.7 Å². The highest BCUT2D eigenvalue weighted by Crippen LogP contribution is 2.30. The summed E-state index contributed by atoms with van der Waals surface area (Å²) >= 11 is 1.42. The molecule has 0 aliphatic heterocycles. The maximum absolute atomic E-state index is 11.9. The number of nitrogens with zero attached hydrogens (tertiary/aromatic N) is 1. The third-order valence-corrected chi connectivity index (χ3v) is 3.58. The number of aromatic nitrogens is 1. The van der Waals surface area contributed by atoms with Gasteiger partial charge in [-0.3, -0.25) is 0 Å². The summed E-state index contributed by atoms with van der Waals surface area (Å²) < 4.78 is 5.04. The molecule has 1 aromatic heterocycles. The van der Waals surface area contributed by atoms with E-state index in [0.717, 1.165) is 10.5 Å². The molecule has 0 atom stereocenters. The van der Waals surface area contributed by atoms with Crippen molar-refractivity contribution >= 4 is 23.4 Å².